The molecule has 3 aromatic rings. The average molecular weight is 310 g/mol. The van der Waals surface area contributed by atoms with Gasteiger partial charge in [-0.05, 0) is 18.6 Å². The number of thiophene rings is 1. The number of hydrogen-bond donors (Lipinski definition) is 1. The van der Waals surface area contributed by atoms with Crippen LogP contribution in [-0.2, 0) is 13.0 Å². The van der Waals surface area contributed by atoms with Crippen molar-refractivity contribution in [3.05, 3.63) is 27.7 Å². The number of nitrogens with zero attached hydrogens (tertiary/aromatic N) is 4. The molecule has 0 saturated heterocycles. The molecule has 20 heavy (non-hydrogen) atoms. The Kier molecular flexibility index (Phi) is 3.45. The molecule has 0 unspecified atom stereocenters. The van der Waals surface area contributed by atoms with Crippen LogP contribution in [0, 0.1) is 0 Å². The molecule has 0 fully saturated rings. The summed E-state index contributed by atoms with van der Waals surface area (Å²) < 4.78 is 7.80. The van der Waals surface area contributed by atoms with E-state index in [1.807, 2.05) is 16.7 Å². The summed E-state index contributed by atoms with van der Waals surface area (Å²) in [4.78, 5) is 13.7. The van der Waals surface area contributed by atoms with Gasteiger partial charge in [0.2, 0.25) is 11.8 Å². The van der Waals surface area contributed by atoms with Crippen LogP contribution >= 0.6 is 22.9 Å². The summed E-state index contributed by atoms with van der Waals surface area (Å²) in [5.74, 6) is 0.834. The summed E-state index contributed by atoms with van der Waals surface area (Å²) in [5, 5.41) is 0. The zero-order valence-electron chi connectivity index (χ0n) is 10.7. The number of imidazole rings is 1. The summed E-state index contributed by atoms with van der Waals surface area (Å²) >= 11 is 7.49. The molecule has 0 radical (unpaired) electrons. The predicted molar refractivity (Wildman–Crippen MR) is 79.3 cm³/mol. The van der Waals surface area contributed by atoms with Crippen LogP contribution in [0.1, 0.15) is 4.88 Å². The smallest absolute Gasteiger partial charge is 0.245 e. The van der Waals surface area contributed by atoms with Gasteiger partial charge >= 0.3 is 0 Å². The topological polar surface area (TPSA) is 78.8 Å². The van der Waals surface area contributed by atoms with E-state index in [-0.39, 0.29) is 0 Å². The van der Waals surface area contributed by atoms with Crippen LogP contribution in [-0.4, -0.2) is 26.6 Å². The number of halogens is 1. The van der Waals surface area contributed by atoms with Gasteiger partial charge in [0.25, 0.3) is 0 Å². The monoisotopic (exact) mass is 309 g/mol. The molecule has 3 heterocycles. The summed E-state index contributed by atoms with van der Waals surface area (Å²) in [6.45, 7) is 0.680. The van der Waals surface area contributed by atoms with E-state index in [2.05, 4.69) is 15.0 Å². The van der Waals surface area contributed by atoms with Crippen molar-refractivity contribution in [2.45, 2.75) is 13.0 Å². The number of hydrogen-bond acceptors (Lipinski definition) is 6. The molecule has 0 saturated carbocycles. The second-order valence-corrected chi connectivity index (χ2v) is 5.93. The highest BCUT2D eigenvalue weighted by atomic mass is 35.5. The molecule has 3 aromatic heterocycles. The van der Waals surface area contributed by atoms with Gasteiger partial charge in [-0.15, -0.1) is 11.3 Å². The lowest BCUT2D eigenvalue weighted by Gasteiger charge is -2.04. The zero-order valence-corrected chi connectivity index (χ0v) is 12.3. The van der Waals surface area contributed by atoms with Gasteiger partial charge in [-0.1, -0.05) is 11.6 Å². The highest BCUT2D eigenvalue weighted by molar-refractivity contribution is 7.16. The highest BCUT2D eigenvalue weighted by Crippen LogP contribution is 2.25. The van der Waals surface area contributed by atoms with Crippen LogP contribution in [0.2, 0.25) is 4.34 Å². The van der Waals surface area contributed by atoms with E-state index in [0.717, 1.165) is 10.8 Å². The van der Waals surface area contributed by atoms with Crippen molar-refractivity contribution in [3.63, 3.8) is 0 Å². The molecule has 0 aliphatic heterocycles. The van der Waals surface area contributed by atoms with E-state index in [1.54, 1.807) is 18.4 Å². The third-order valence-electron chi connectivity index (χ3n) is 2.93. The molecule has 0 amide bonds. The number of aromatic nitrogens is 4. The normalized spacial score (nSPS) is 11.1. The number of aryl methyl sites for hydroxylation is 2. The fraction of sp³-hybridized carbons (Fsp3) is 0.250. The highest BCUT2D eigenvalue weighted by Gasteiger charge is 2.14. The molecule has 104 valence electrons. The number of anilines is 1. The number of methoxy groups -OCH3 is 1. The molecule has 8 heteroatoms. The van der Waals surface area contributed by atoms with E-state index < -0.39 is 0 Å². The molecule has 0 bridgehead atoms. The van der Waals surface area contributed by atoms with Gasteiger partial charge < -0.3 is 10.5 Å². The van der Waals surface area contributed by atoms with Gasteiger partial charge in [0, 0.05) is 11.4 Å². The van der Waals surface area contributed by atoms with Crippen molar-refractivity contribution in [2.24, 2.45) is 0 Å². The first kappa shape index (κ1) is 13.1. The van der Waals surface area contributed by atoms with Crippen molar-refractivity contribution < 1.29 is 4.74 Å². The lowest BCUT2D eigenvalue weighted by molar-refractivity contribution is 0.401. The van der Waals surface area contributed by atoms with Crippen LogP contribution in [0.15, 0.2) is 18.5 Å². The number of nitrogen functional groups attached to an aromatic ring is 1. The third-order valence-corrected chi connectivity index (χ3v) is 4.22. The first-order valence-electron chi connectivity index (χ1n) is 5.94. The quantitative estimate of drug-likeness (QED) is 0.800. The van der Waals surface area contributed by atoms with E-state index in [4.69, 9.17) is 22.1 Å². The maximum atomic E-state index is 5.95. The zero-order chi connectivity index (χ0) is 14.1. The Balaban J connectivity index is 1.93. The molecule has 0 aromatic carbocycles. The maximum absolute atomic E-state index is 5.95. The minimum absolute atomic E-state index is 0.404. The Bertz CT molecular complexity index is 753. The lowest BCUT2D eigenvalue weighted by atomic mass is 10.3. The van der Waals surface area contributed by atoms with Crippen molar-refractivity contribution in [2.75, 3.05) is 12.8 Å². The molecule has 3 rings (SSSR count). The van der Waals surface area contributed by atoms with Gasteiger partial charge in [-0.3, -0.25) is 4.57 Å². The average Bonchev–Trinajstić information content (AvgIpc) is 2.99. The van der Waals surface area contributed by atoms with E-state index in [9.17, 15) is 0 Å². The Morgan fingerprint density at radius 3 is 2.95 bits per heavy atom. The molecular formula is C12H12ClN5OS. The fourth-order valence-electron chi connectivity index (χ4n) is 2.01. The van der Waals surface area contributed by atoms with Crippen LogP contribution in [0.5, 0.6) is 5.88 Å². The number of rotatable bonds is 4. The number of fused-ring (bicyclic) bond motifs is 1. The Morgan fingerprint density at radius 1 is 1.40 bits per heavy atom. The maximum Gasteiger partial charge on any atom is 0.245 e. The summed E-state index contributed by atoms with van der Waals surface area (Å²) in [6.07, 6.45) is 2.26. The molecule has 0 atom stereocenters. The van der Waals surface area contributed by atoms with E-state index in [0.29, 0.717) is 29.5 Å². The van der Waals surface area contributed by atoms with Crippen molar-refractivity contribution in [3.8, 4) is 5.88 Å². The molecule has 2 N–H and O–H groups in total. The Hall–Kier alpha value is -1.86. The van der Waals surface area contributed by atoms with Crippen LogP contribution < -0.4 is 10.5 Å². The summed E-state index contributed by atoms with van der Waals surface area (Å²) in [5.41, 5.74) is 7.21. The predicted octanol–water partition coefficient (Wildman–Crippen LogP) is 2.37. The SMILES string of the molecule is COc1ncnc2c1nc(N)n2CCc1ccc(Cl)s1. The molecule has 0 aliphatic rings. The fourth-order valence-corrected chi connectivity index (χ4v) is 3.09. The van der Waals surface area contributed by atoms with Crippen LogP contribution in [0.3, 0.4) is 0 Å². The Labute approximate surface area is 124 Å². The summed E-state index contributed by atoms with van der Waals surface area (Å²) in [6, 6.07) is 3.90. The van der Waals surface area contributed by atoms with Gasteiger partial charge in [0.15, 0.2) is 11.2 Å². The minimum Gasteiger partial charge on any atom is -0.479 e. The van der Waals surface area contributed by atoms with Crippen molar-refractivity contribution in [1.29, 1.82) is 0 Å². The Morgan fingerprint density at radius 2 is 2.25 bits per heavy atom. The van der Waals surface area contributed by atoms with Crippen molar-refractivity contribution >= 4 is 40.0 Å². The third kappa shape index (κ3) is 2.30. The standard InChI is InChI=1S/C12H12ClN5OS/c1-19-11-9-10(15-6-16-11)18(12(14)17-9)5-4-7-2-3-8(13)20-7/h2-3,6H,4-5H2,1H3,(H2,14,17). The van der Waals surface area contributed by atoms with Gasteiger partial charge in [0.1, 0.15) is 6.33 Å². The second-order valence-electron chi connectivity index (χ2n) is 4.13. The van der Waals surface area contributed by atoms with E-state index in [1.165, 1.54) is 11.2 Å². The van der Waals surface area contributed by atoms with Crippen LogP contribution in [0.4, 0.5) is 5.95 Å². The lowest BCUT2D eigenvalue weighted by Crippen LogP contribution is -2.06. The van der Waals surface area contributed by atoms with Gasteiger partial charge in [-0.2, -0.15) is 4.98 Å². The number of nitrogens with two attached hydrogens (primary N) is 1. The molecular weight excluding hydrogens is 298 g/mol. The second kappa shape index (κ2) is 5.26. The molecule has 6 nitrogen and oxygen atoms in total. The van der Waals surface area contributed by atoms with Crippen LogP contribution in [0.25, 0.3) is 11.2 Å². The largest absolute Gasteiger partial charge is 0.479 e. The first-order valence-corrected chi connectivity index (χ1v) is 7.13. The molecule has 0 aliphatic carbocycles. The number of ether oxygens (including phenoxy) is 1. The van der Waals surface area contributed by atoms with Crippen molar-refractivity contribution in [1.82, 2.24) is 19.5 Å². The summed E-state index contributed by atoms with van der Waals surface area (Å²) in [7, 11) is 1.55. The van der Waals surface area contributed by atoms with Gasteiger partial charge in [0.05, 0.1) is 11.4 Å². The van der Waals surface area contributed by atoms with Gasteiger partial charge in [-0.25, -0.2) is 9.97 Å². The first-order chi connectivity index (χ1) is 9.69. The van der Waals surface area contributed by atoms with E-state index >= 15 is 0 Å². The molecule has 0 spiro atoms. The minimum atomic E-state index is 0.404.